The highest BCUT2D eigenvalue weighted by Gasteiger charge is 2.21. The molecule has 1 aromatic carbocycles. The third kappa shape index (κ3) is 6.34. The second-order valence-electron chi connectivity index (χ2n) is 11.1. The predicted molar refractivity (Wildman–Crippen MR) is 154 cm³/mol. The fourth-order valence-electron chi connectivity index (χ4n) is 4.78. The fraction of sp³-hybridized carbons (Fsp3) is 0.519. The molecule has 10 nitrogen and oxygen atoms in total. The summed E-state index contributed by atoms with van der Waals surface area (Å²) in [6, 6.07) is 11.2. The number of nitrogens with zero attached hydrogens (tertiary/aromatic N) is 5. The van der Waals surface area contributed by atoms with Gasteiger partial charge in [-0.2, -0.15) is 0 Å². The lowest BCUT2D eigenvalue weighted by molar-refractivity contribution is 0.0909. The van der Waals surface area contributed by atoms with E-state index in [1.54, 1.807) is 6.33 Å². The van der Waals surface area contributed by atoms with E-state index in [2.05, 4.69) is 55.8 Å². The zero-order chi connectivity index (χ0) is 26.5. The Bertz CT molecular complexity index is 1230. The molecule has 38 heavy (non-hydrogen) atoms. The van der Waals surface area contributed by atoms with E-state index >= 15 is 0 Å². The number of piperazine rings is 1. The number of amides is 2. The van der Waals surface area contributed by atoms with E-state index in [1.807, 2.05) is 29.2 Å². The third-order valence-corrected chi connectivity index (χ3v) is 8.74. The molecule has 5 rings (SSSR count). The molecule has 204 valence electrons. The topological polar surface area (TPSA) is 96.8 Å². The molecule has 2 aliphatic heterocycles. The van der Waals surface area contributed by atoms with Gasteiger partial charge in [0.25, 0.3) is 0 Å². The van der Waals surface area contributed by atoms with Crippen LogP contribution in [0.25, 0.3) is 22.3 Å². The molecular weight excluding hydrogens is 498 g/mol. The van der Waals surface area contributed by atoms with Crippen molar-refractivity contribution < 1.29 is 14.3 Å². The normalized spacial score (nSPS) is 16.7. The van der Waals surface area contributed by atoms with Crippen LogP contribution >= 0.6 is 0 Å². The molecule has 4 heterocycles. The Balaban J connectivity index is 1.41. The number of ether oxygens (including phenoxy) is 2. The minimum Gasteiger partial charge on any atom is -0.378 e. The Hall–Kier alpha value is -2.99. The van der Waals surface area contributed by atoms with Crippen LogP contribution in [0.4, 0.5) is 16.3 Å². The van der Waals surface area contributed by atoms with Gasteiger partial charge >= 0.3 is 6.03 Å². The fourth-order valence-corrected chi connectivity index (χ4v) is 5.53. The standard InChI is InChI=1S/C27H39N7O3Si/c1-38(2,3)17-16-37-20-34-24(18-23-25(29-19-30-26(23)34)32-12-14-36-15-13-32)21-4-6-22(7-5-21)31-27(35)33-10-8-28-9-11-33/h4-7,18-19,28H,8-17,20H2,1-3H3,(H,31,35). The van der Waals surface area contributed by atoms with Gasteiger partial charge in [-0.15, -0.1) is 0 Å². The molecule has 2 amide bonds. The van der Waals surface area contributed by atoms with Gasteiger partial charge in [0.15, 0.2) is 0 Å². The van der Waals surface area contributed by atoms with Gasteiger partial charge < -0.3 is 34.5 Å². The second kappa shape index (κ2) is 11.8. The van der Waals surface area contributed by atoms with Crippen molar-refractivity contribution in [2.24, 2.45) is 0 Å². The first-order chi connectivity index (χ1) is 18.4. The molecule has 0 spiro atoms. The highest BCUT2D eigenvalue weighted by molar-refractivity contribution is 6.76. The van der Waals surface area contributed by atoms with Gasteiger partial charge in [-0.1, -0.05) is 31.8 Å². The van der Waals surface area contributed by atoms with Gasteiger partial charge in [0.1, 0.15) is 24.5 Å². The van der Waals surface area contributed by atoms with E-state index in [-0.39, 0.29) is 6.03 Å². The van der Waals surface area contributed by atoms with E-state index in [0.29, 0.717) is 33.0 Å². The van der Waals surface area contributed by atoms with Gasteiger partial charge in [-0.25, -0.2) is 14.8 Å². The lowest BCUT2D eigenvalue weighted by Gasteiger charge is -2.28. The van der Waals surface area contributed by atoms with Crippen LogP contribution in [0.15, 0.2) is 36.7 Å². The molecule has 0 atom stereocenters. The largest absolute Gasteiger partial charge is 0.378 e. The number of benzene rings is 1. The van der Waals surface area contributed by atoms with Gasteiger partial charge in [0, 0.05) is 59.6 Å². The molecule has 11 heteroatoms. The molecule has 2 aromatic heterocycles. The van der Waals surface area contributed by atoms with Crippen LogP contribution in [0.2, 0.25) is 25.7 Å². The van der Waals surface area contributed by atoms with E-state index in [4.69, 9.17) is 9.47 Å². The number of carbonyl (C=O) groups excluding carboxylic acids is 1. The molecule has 0 saturated carbocycles. The third-order valence-electron chi connectivity index (χ3n) is 7.03. The molecule has 2 saturated heterocycles. The zero-order valence-corrected chi connectivity index (χ0v) is 23.7. The highest BCUT2D eigenvalue weighted by Crippen LogP contribution is 2.33. The van der Waals surface area contributed by atoms with Crippen molar-refractivity contribution in [3.8, 4) is 11.3 Å². The molecule has 0 aliphatic carbocycles. The van der Waals surface area contributed by atoms with Crippen molar-refractivity contribution in [1.29, 1.82) is 0 Å². The van der Waals surface area contributed by atoms with Gasteiger partial charge in [0.05, 0.1) is 24.3 Å². The molecule has 0 unspecified atom stereocenters. The van der Waals surface area contributed by atoms with E-state index < -0.39 is 8.07 Å². The zero-order valence-electron chi connectivity index (χ0n) is 22.7. The van der Waals surface area contributed by atoms with Crippen molar-refractivity contribution in [3.63, 3.8) is 0 Å². The van der Waals surface area contributed by atoms with Crippen LogP contribution in [0.1, 0.15) is 0 Å². The minimum absolute atomic E-state index is 0.0606. The highest BCUT2D eigenvalue weighted by atomic mass is 28.3. The number of hydrogen-bond acceptors (Lipinski definition) is 7. The van der Waals surface area contributed by atoms with E-state index in [0.717, 1.165) is 72.6 Å². The molecule has 2 N–H and O–H groups in total. The van der Waals surface area contributed by atoms with Crippen LogP contribution in [0.5, 0.6) is 0 Å². The molecule has 0 radical (unpaired) electrons. The molecule has 2 aliphatic rings. The maximum atomic E-state index is 12.6. The summed E-state index contributed by atoms with van der Waals surface area (Å²) in [5.74, 6) is 0.931. The van der Waals surface area contributed by atoms with Gasteiger partial charge in [-0.05, 0) is 29.8 Å². The summed E-state index contributed by atoms with van der Waals surface area (Å²) in [6.07, 6.45) is 1.64. The summed E-state index contributed by atoms with van der Waals surface area (Å²) in [4.78, 5) is 26.1. The monoisotopic (exact) mass is 537 g/mol. The second-order valence-corrected chi connectivity index (χ2v) is 16.7. The molecule has 0 bridgehead atoms. The number of rotatable bonds is 8. The summed E-state index contributed by atoms with van der Waals surface area (Å²) >= 11 is 0. The lowest BCUT2D eigenvalue weighted by atomic mass is 10.1. The van der Waals surface area contributed by atoms with E-state index in [9.17, 15) is 4.79 Å². The summed E-state index contributed by atoms with van der Waals surface area (Å²) in [6.45, 7) is 14.3. The Morgan fingerprint density at radius 3 is 2.53 bits per heavy atom. The van der Waals surface area contributed by atoms with Crippen molar-refractivity contribution in [2.75, 3.05) is 69.3 Å². The average Bonchev–Trinajstić information content (AvgIpc) is 3.30. The first-order valence-corrected chi connectivity index (χ1v) is 17.2. The van der Waals surface area contributed by atoms with Crippen molar-refractivity contribution in [2.45, 2.75) is 32.4 Å². The Morgan fingerprint density at radius 1 is 1.08 bits per heavy atom. The number of anilines is 2. The number of hydrogen-bond donors (Lipinski definition) is 2. The van der Waals surface area contributed by atoms with Crippen molar-refractivity contribution in [3.05, 3.63) is 36.7 Å². The maximum Gasteiger partial charge on any atom is 0.321 e. The number of urea groups is 1. The predicted octanol–water partition coefficient (Wildman–Crippen LogP) is 3.68. The van der Waals surface area contributed by atoms with Crippen molar-refractivity contribution >= 4 is 36.6 Å². The summed E-state index contributed by atoms with van der Waals surface area (Å²) in [5, 5.41) is 7.31. The van der Waals surface area contributed by atoms with Crippen LogP contribution in [0, 0.1) is 0 Å². The van der Waals surface area contributed by atoms with E-state index in [1.165, 1.54) is 0 Å². The first kappa shape index (κ1) is 26.6. The van der Waals surface area contributed by atoms with Crippen LogP contribution in [-0.2, 0) is 16.2 Å². The Morgan fingerprint density at radius 2 is 1.82 bits per heavy atom. The van der Waals surface area contributed by atoms with Crippen molar-refractivity contribution in [1.82, 2.24) is 24.8 Å². The number of fused-ring (bicyclic) bond motifs is 1. The maximum absolute atomic E-state index is 12.6. The molecule has 3 aromatic rings. The number of carbonyl (C=O) groups is 1. The quantitative estimate of drug-likeness (QED) is 0.334. The van der Waals surface area contributed by atoms with Crippen LogP contribution in [-0.4, -0.2) is 92.6 Å². The van der Waals surface area contributed by atoms with Crippen LogP contribution < -0.4 is 15.5 Å². The summed E-state index contributed by atoms with van der Waals surface area (Å²) < 4.78 is 13.9. The number of morpholine rings is 1. The SMILES string of the molecule is C[Si](C)(C)CCOCn1c(-c2ccc(NC(=O)N3CCNCC3)cc2)cc2c(N3CCOCC3)ncnc21. The Kier molecular flexibility index (Phi) is 8.27. The average molecular weight is 538 g/mol. The number of aromatic nitrogens is 3. The minimum atomic E-state index is -1.19. The Labute approximate surface area is 225 Å². The lowest BCUT2D eigenvalue weighted by Crippen LogP contribution is -2.48. The molecular formula is C27H39N7O3Si. The van der Waals surface area contributed by atoms with Gasteiger partial charge in [0.2, 0.25) is 0 Å². The smallest absolute Gasteiger partial charge is 0.321 e. The first-order valence-electron chi connectivity index (χ1n) is 13.5. The van der Waals surface area contributed by atoms with Gasteiger partial charge in [-0.3, -0.25) is 0 Å². The molecule has 2 fully saturated rings. The van der Waals surface area contributed by atoms with Crippen LogP contribution in [0.3, 0.4) is 0 Å². The summed E-state index contributed by atoms with van der Waals surface area (Å²) in [7, 11) is -1.19. The summed E-state index contributed by atoms with van der Waals surface area (Å²) in [5.41, 5.74) is 3.69. The number of nitrogens with one attached hydrogen (secondary N) is 2.